The van der Waals surface area contributed by atoms with Gasteiger partial charge in [-0.2, -0.15) is 10.5 Å². The van der Waals surface area contributed by atoms with Gasteiger partial charge in [0.05, 0.1) is 12.2 Å². The van der Waals surface area contributed by atoms with Gasteiger partial charge in [0, 0.05) is 6.04 Å². The maximum Gasteiger partial charge on any atom is 0.348 e. The van der Waals surface area contributed by atoms with Gasteiger partial charge in [0.15, 0.2) is 0 Å². The second-order valence-corrected chi connectivity index (χ2v) is 3.63. The van der Waals surface area contributed by atoms with Crippen LogP contribution in [0.15, 0.2) is 23.0 Å². The van der Waals surface area contributed by atoms with Crippen molar-refractivity contribution in [1.29, 1.82) is 10.5 Å². The van der Waals surface area contributed by atoms with E-state index in [0.29, 0.717) is 0 Å². The van der Waals surface area contributed by atoms with Gasteiger partial charge in [-0.1, -0.05) is 0 Å². The van der Waals surface area contributed by atoms with Gasteiger partial charge >= 0.3 is 5.97 Å². The molecule has 0 unspecified atom stereocenters. The number of carbonyl (C=O) groups excluding carboxylic acids is 1. The van der Waals surface area contributed by atoms with E-state index >= 15 is 0 Å². The fraction of sp³-hybridized carbons (Fsp3) is 0.417. The highest BCUT2D eigenvalue weighted by Gasteiger charge is 2.12. The largest absolute Gasteiger partial charge is 0.462 e. The molecule has 0 aromatic carbocycles. The molecule has 0 heterocycles. The molecule has 0 spiro atoms. The van der Waals surface area contributed by atoms with Gasteiger partial charge in [-0.15, -0.1) is 0 Å². The van der Waals surface area contributed by atoms with Crippen molar-refractivity contribution in [1.82, 2.24) is 5.32 Å². The van der Waals surface area contributed by atoms with E-state index in [1.807, 2.05) is 19.9 Å². The highest BCUT2D eigenvalue weighted by atomic mass is 16.5. The Kier molecular flexibility index (Phi) is 6.68. The van der Waals surface area contributed by atoms with Gasteiger partial charge in [-0.3, -0.25) is 0 Å². The quantitative estimate of drug-likeness (QED) is 0.320. The first kappa shape index (κ1) is 15.5. The minimum Gasteiger partial charge on any atom is -0.462 e. The lowest BCUT2D eigenvalue weighted by Crippen LogP contribution is -2.28. The van der Waals surface area contributed by atoms with E-state index < -0.39 is 5.97 Å². The molecule has 0 aromatic rings. The monoisotopic (exact) mass is 248 g/mol. The van der Waals surface area contributed by atoms with E-state index in [-0.39, 0.29) is 29.6 Å². The topological polar surface area (TPSA) is 112 Å². The normalized spacial score (nSPS) is 12.2. The van der Waals surface area contributed by atoms with Gasteiger partial charge in [-0.25, -0.2) is 4.79 Å². The minimum absolute atomic E-state index is 0.0216. The Hall–Kier alpha value is -2.47. The van der Waals surface area contributed by atoms with E-state index in [1.165, 1.54) is 0 Å². The van der Waals surface area contributed by atoms with E-state index in [2.05, 4.69) is 10.1 Å². The van der Waals surface area contributed by atoms with Gasteiger partial charge in [0.25, 0.3) is 0 Å². The predicted molar refractivity (Wildman–Crippen MR) is 65.4 cm³/mol. The average molecular weight is 248 g/mol. The number of carbonyl (C=O) groups is 1. The fourth-order valence-electron chi connectivity index (χ4n) is 1.05. The smallest absolute Gasteiger partial charge is 0.348 e. The number of esters is 1. The second-order valence-electron chi connectivity index (χ2n) is 3.63. The molecule has 0 fully saturated rings. The zero-order valence-electron chi connectivity index (χ0n) is 10.7. The minimum atomic E-state index is -0.773. The first-order valence-electron chi connectivity index (χ1n) is 5.41. The number of nitriles is 2. The summed E-state index contributed by atoms with van der Waals surface area (Å²) >= 11 is 0. The number of hydrogen-bond donors (Lipinski definition) is 2. The summed E-state index contributed by atoms with van der Waals surface area (Å²) in [5, 5.41) is 20.6. The highest BCUT2D eigenvalue weighted by Crippen LogP contribution is 2.05. The summed E-state index contributed by atoms with van der Waals surface area (Å²) in [7, 11) is 0. The highest BCUT2D eigenvalue weighted by molar-refractivity contribution is 5.93. The van der Waals surface area contributed by atoms with Crippen LogP contribution in [-0.2, 0) is 9.53 Å². The zero-order valence-corrected chi connectivity index (χ0v) is 10.7. The zero-order chi connectivity index (χ0) is 14.1. The maximum atomic E-state index is 11.4. The average Bonchev–Trinajstić information content (AvgIpc) is 2.29. The Morgan fingerprint density at radius 2 is 2.06 bits per heavy atom. The number of rotatable bonds is 5. The molecular weight excluding hydrogens is 232 g/mol. The molecule has 3 N–H and O–H groups in total. The van der Waals surface area contributed by atoms with E-state index in [9.17, 15) is 4.79 Å². The molecule has 96 valence electrons. The summed E-state index contributed by atoms with van der Waals surface area (Å²) < 4.78 is 4.68. The van der Waals surface area contributed by atoms with Crippen molar-refractivity contribution in [2.45, 2.75) is 26.8 Å². The lowest BCUT2D eigenvalue weighted by Gasteiger charge is -2.10. The lowest BCUT2D eigenvalue weighted by atomic mass is 10.1. The molecule has 6 heteroatoms. The molecule has 0 aliphatic carbocycles. The van der Waals surface area contributed by atoms with Crippen LogP contribution in [0.4, 0.5) is 0 Å². The van der Waals surface area contributed by atoms with Gasteiger partial charge < -0.3 is 15.8 Å². The summed E-state index contributed by atoms with van der Waals surface area (Å²) in [5.41, 5.74) is 5.41. The molecule has 0 aliphatic rings. The molecule has 0 bridgehead atoms. The molecule has 0 saturated carbocycles. The number of nitrogens with zero attached hydrogens (tertiary/aromatic N) is 2. The Balaban J connectivity index is 5.27. The van der Waals surface area contributed by atoms with Crippen molar-refractivity contribution >= 4 is 5.97 Å². The molecule has 18 heavy (non-hydrogen) atoms. The van der Waals surface area contributed by atoms with Crippen LogP contribution >= 0.6 is 0 Å². The number of allylic oxidation sites excluding steroid dienone is 2. The SMILES string of the molecule is CCOC(=O)/C(C#N)=C/C(C#N)=C(/N)NC(C)C. The first-order chi connectivity index (χ1) is 8.46. The number of hydrogen-bond acceptors (Lipinski definition) is 6. The van der Waals surface area contributed by atoms with Crippen molar-refractivity contribution in [3.63, 3.8) is 0 Å². The Bertz CT molecular complexity index is 450. The third-order valence-corrected chi connectivity index (χ3v) is 1.76. The molecule has 0 aromatic heterocycles. The predicted octanol–water partition coefficient (Wildman–Crippen LogP) is 0.691. The van der Waals surface area contributed by atoms with Crippen molar-refractivity contribution in [3.8, 4) is 12.1 Å². The van der Waals surface area contributed by atoms with Gasteiger partial charge in [-0.05, 0) is 26.8 Å². The van der Waals surface area contributed by atoms with Crippen LogP contribution in [0.3, 0.4) is 0 Å². The van der Waals surface area contributed by atoms with E-state index in [0.717, 1.165) is 6.08 Å². The molecule has 0 atom stereocenters. The summed E-state index contributed by atoms with van der Waals surface area (Å²) in [6.45, 7) is 5.48. The Morgan fingerprint density at radius 3 is 2.44 bits per heavy atom. The molecular formula is C12H16N4O2. The van der Waals surface area contributed by atoms with Gasteiger partial charge in [0.2, 0.25) is 0 Å². The van der Waals surface area contributed by atoms with Crippen LogP contribution in [0.25, 0.3) is 0 Å². The first-order valence-corrected chi connectivity index (χ1v) is 5.41. The Morgan fingerprint density at radius 1 is 1.44 bits per heavy atom. The summed E-state index contributed by atoms with van der Waals surface area (Å²) in [4.78, 5) is 11.4. The summed E-state index contributed by atoms with van der Waals surface area (Å²) in [6.07, 6.45) is 1.11. The van der Waals surface area contributed by atoms with Crippen molar-refractivity contribution in [2.24, 2.45) is 5.73 Å². The van der Waals surface area contributed by atoms with Crippen molar-refractivity contribution in [3.05, 3.63) is 23.0 Å². The van der Waals surface area contributed by atoms with Gasteiger partial charge in [0.1, 0.15) is 23.5 Å². The number of nitrogens with one attached hydrogen (secondary N) is 1. The molecule has 0 radical (unpaired) electrons. The van der Waals surface area contributed by atoms with Crippen molar-refractivity contribution < 1.29 is 9.53 Å². The third-order valence-electron chi connectivity index (χ3n) is 1.76. The van der Waals surface area contributed by atoms with Crippen LogP contribution < -0.4 is 11.1 Å². The van der Waals surface area contributed by atoms with E-state index in [4.69, 9.17) is 16.3 Å². The molecule has 0 rings (SSSR count). The van der Waals surface area contributed by atoms with E-state index in [1.54, 1.807) is 13.0 Å². The van der Waals surface area contributed by atoms with Crippen LogP contribution in [0.2, 0.25) is 0 Å². The maximum absolute atomic E-state index is 11.4. The second kappa shape index (κ2) is 7.75. The lowest BCUT2D eigenvalue weighted by molar-refractivity contribution is -0.138. The number of ether oxygens (including phenoxy) is 1. The van der Waals surface area contributed by atoms with Crippen LogP contribution in [-0.4, -0.2) is 18.6 Å². The summed E-state index contributed by atoms with van der Waals surface area (Å²) in [6, 6.07) is 3.54. The fourth-order valence-corrected chi connectivity index (χ4v) is 1.05. The molecule has 0 saturated heterocycles. The van der Waals surface area contributed by atoms with Crippen LogP contribution in [0.1, 0.15) is 20.8 Å². The molecule has 0 aliphatic heterocycles. The van der Waals surface area contributed by atoms with Crippen LogP contribution in [0.5, 0.6) is 0 Å². The third kappa shape index (κ3) is 5.04. The van der Waals surface area contributed by atoms with Crippen LogP contribution in [0, 0.1) is 22.7 Å². The molecule has 6 nitrogen and oxygen atoms in total. The Labute approximate surface area is 106 Å². The standard InChI is InChI=1S/C12H16N4O2/c1-4-18-12(17)10(7-14)5-9(6-13)11(15)16-8(2)3/h5,8,16H,4,15H2,1-3H3/b10-5+,11-9+. The summed E-state index contributed by atoms with van der Waals surface area (Å²) in [5.74, 6) is -0.658. The molecule has 0 amide bonds. The van der Waals surface area contributed by atoms with Crippen molar-refractivity contribution in [2.75, 3.05) is 6.61 Å². The number of nitrogens with two attached hydrogens (primary N) is 1.